The minimum Gasteiger partial charge on any atom is -0.339 e. The molecular weight excluding hydrogens is 589 g/mol. The molecule has 0 saturated carbocycles. The van der Waals surface area contributed by atoms with E-state index in [0.29, 0.717) is 43.9 Å². The van der Waals surface area contributed by atoms with Crippen LogP contribution >= 0.6 is 15.9 Å². The van der Waals surface area contributed by atoms with Gasteiger partial charge in [-0.15, -0.1) is 0 Å². The van der Waals surface area contributed by atoms with Gasteiger partial charge in [0.1, 0.15) is 5.54 Å². The number of hydrogen-bond donors (Lipinski definition) is 1. The predicted octanol–water partition coefficient (Wildman–Crippen LogP) is 4.68. The molecule has 12 heteroatoms. The molecule has 4 heterocycles. The molecule has 1 N–H and O–H groups in total. The summed E-state index contributed by atoms with van der Waals surface area (Å²) >= 11 is 3.44. The Bertz CT molecular complexity index is 1580. The predicted molar refractivity (Wildman–Crippen MR) is 144 cm³/mol. The Labute approximate surface area is 235 Å². The van der Waals surface area contributed by atoms with E-state index < -0.39 is 28.9 Å². The number of piperidine rings is 1. The highest BCUT2D eigenvalue weighted by Gasteiger charge is 2.51. The first kappa shape index (κ1) is 26.1. The molecule has 2 aliphatic heterocycles. The van der Waals surface area contributed by atoms with Crippen LogP contribution in [0.2, 0.25) is 0 Å². The summed E-state index contributed by atoms with van der Waals surface area (Å²) in [6.07, 6.45) is 3.91. The molecular formula is C28H22BrF3N6O2. The highest BCUT2D eigenvalue weighted by molar-refractivity contribution is 9.10. The second-order valence-corrected chi connectivity index (χ2v) is 10.6. The minimum atomic E-state index is -1.59. The summed E-state index contributed by atoms with van der Waals surface area (Å²) in [5.41, 5.74) is 0.977. The van der Waals surface area contributed by atoms with Crippen LogP contribution in [0.25, 0.3) is 16.9 Å². The highest BCUT2D eigenvalue weighted by atomic mass is 79.9. The average Bonchev–Trinajstić information content (AvgIpc) is 3.55. The lowest BCUT2D eigenvalue weighted by molar-refractivity contribution is -0.124. The smallest absolute Gasteiger partial charge is 0.274 e. The van der Waals surface area contributed by atoms with E-state index in [1.54, 1.807) is 23.2 Å². The van der Waals surface area contributed by atoms with Gasteiger partial charge in [-0.3, -0.25) is 14.6 Å². The van der Waals surface area contributed by atoms with Gasteiger partial charge >= 0.3 is 0 Å². The van der Waals surface area contributed by atoms with Gasteiger partial charge in [-0.2, -0.15) is 5.10 Å². The van der Waals surface area contributed by atoms with E-state index in [4.69, 9.17) is 0 Å². The molecule has 2 aliphatic rings. The van der Waals surface area contributed by atoms with E-state index in [2.05, 4.69) is 31.3 Å². The molecule has 4 aromatic rings. The van der Waals surface area contributed by atoms with Crippen LogP contribution in [0.5, 0.6) is 0 Å². The quantitative estimate of drug-likeness (QED) is 0.339. The van der Waals surface area contributed by atoms with E-state index in [0.717, 1.165) is 22.3 Å². The molecule has 0 atom stereocenters. The summed E-state index contributed by atoms with van der Waals surface area (Å²) in [7, 11) is 0. The van der Waals surface area contributed by atoms with Crippen molar-refractivity contribution in [2.24, 2.45) is 0 Å². The Morgan fingerprint density at radius 2 is 1.68 bits per heavy atom. The van der Waals surface area contributed by atoms with E-state index in [9.17, 15) is 22.8 Å². The van der Waals surface area contributed by atoms with Crippen molar-refractivity contribution < 1.29 is 22.8 Å². The molecule has 0 radical (unpaired) electrons. The van der Waals surface area contributed by atoms with Crippen LogP contribution in [-0.2, 0) is 4.79 Å². The van der Waals surface area contributed by atoms with Gasteiger partial charge in [0.05, 0.1) is 18.1 Å². The first-order valence-electron chi connectivity index (χ1n) is 12.5. The van der Waals surface area contributed by atoms with E-state index >= 15 is 0 Å². The van der Waals surface area contributed by atoms with Gasteiger partial charge in [0.2, 0.25) is 5.91 Å². The second kappa shape index (κ2) is 10.1. The van der Waals surface area contributed by atoms with Gasteiger partial charge in [-0.25, -0.2) is 17.9 Å². The van der Waals surface area contributed by atoms with Crippen molar-refractivity contribution in [1.29, 1.82) is 0 Å². The van der Waals surface area contributed by atoms with Crippen molar-refractivity contribution in [3.05, 3.63) is 94.6 Å². The number of nitrogens with zero attached hydrogens (tertiary/aromatic N) is 5. The van der Waals surface area contributed by atoms with Crippen LogP contribution in [0.3, 0.4) is 0 Å². The minimum absolute atomic E-state index is 0.0422. The fourth-order valence-electron chi connectivity index (χ4n) is 5.35. The zero-order valence-electron chi connectivity index (χ0n) is 21.0. The lowest BCUT2D eigenvalue weighted by Gasteiger charge is -2.43. The number of benzene rings is 2. The number of hydrogen-bond acceptors (Lipinski definition) is 5. The number of anilines is 1. The van der Waals surface area contributed by atoms with Crippen molar-refractivity contribution in [2.45, 2.75) is 18.4 Å². The maximum Gasteiger partial charge on any atom is 0.274 e. The molecule has 0 aliphatic carbocycles. The second-order valence-electron chi connectivity index (χ2n) is 9.68. The number of likely N-dealkylation sites (tertiary alicyclic amines) is 1. The number of halogens is 4. The lowest BCUT2D eigenvalue weighted by Crippen LogP contribution is -2.57. The molecule has 40 heavy (non-hydrogen) atoms. The van der Waals surface area contributed by atoms with E-state index in [1.165, 1.54) is 16.9 Å². The number of aromatic nitrogens is 3. The van der Waals surface area contributed by atoms with Crippen LogP contribution in [0, 0.1) is 17.5 Å². The molecule has 2 aromatic heterocycles. The van der Waals surface area contributed by atoms with Crippen molar-refractivity contribution in [1.82, 2.24) is 25.0 Å². The van der Waals surface area contributed by atoms with Gasteiger partial charge in [0, 0.05) is 53.3 Å². The zero-order chi connectivity index (χ0) is 28.0. The molecule has 1 spiro atoms. The summed E-state index contributed by atoms with van der Waals surface area (Å²) in [6, 6.07) is 14.3. The standard InChI is InChI=1S/C28H22BrF3N6O2/c29-18-3-5-19(6-4-18)37-16-34-27(40)28(37)7-10-36(11-8-28)26(39)23-14-24(17-2-1-9-33-15-17)38(35-23)20-12-21(30)25(32)22(31)13-20/h1-6,9,12-15H,7-8,10-11,16H2,(H,34,40). The Balaban J connectivity index is 1.29. The van der Waals surface area contributed by atoms with Crippen LogP contribution in [0.4, 0.5) is 18.9 Å². The normalized spacial score (nSPS) is 16.4. The van der Waals surface area contributed by atoms with Gasteiger partial charge in [-0.05, 0) is 55.3 Å². The number of carbonyl (C=O) groups is 2. The lowest BCUT2D eigenvalue weighted by atomic mass is 9.85. The van der Waals surface area contributed by atoms with Crippen LogP contribution in [0.15, 0.2) is 71.5 Å². The zero-order valence-corrected chi connectivity index (χ0v) is 22.5. The Hall–Kier alpha value is -4.19. The summed E-state index contributed by atoms with van der Waals surface area (Å²) in [6.45, 7) is 0.973. The number of pyridine rings is 1. The Morgan fingerprint density at radius 3 is 2.33 bits per heavy atom. The summed E-state index contributed by atoms with van der Waals surface area (Å²) in [5, 5.41) is 7.31. The molecule has 0 unspecified atom stereocenters. The fraction of sp³-hybridized carbons (Fsp3) is 0.214. The molecule has 8 nitrogen and oxygen atoms in total. The van der Waals surface area contributed by atoms with Gasteiger partial charge in [-0.1, -0.05) is 15.9 Å². The van der Waals surface area contributed by atoms with Crippen molar-refractivity contribution in [2.75, 3.05) is 24.7 Å². The molecule has 2 amide bonds. The van der Waals surface area contributed by atoms with Gasteiger partial charge in [0.25, 0.3) is 5.91 Å². The van der Waals surface area contributed by atoms with E-state index in [-0.39, 0.29) is 17.3 Å². The third kappa shape index (κ3) is 4.41. The van der Waals surface area contributed by atoms with E-state index in [1.807, 2.05) is 29.2 Å². The summed E-state index contributed by atoms with van der Waals surface area (Å²) in [4.78, 5) is 34.3. The number of rotatable bonds is 4. The van der Waals surface area contributed by atoms with Crippen molar-refractivity contribution in [3.8, 4) is 16.9 Å². The number of nitrogens with one attached hydrogen (secondary N) is 1. The monoisotopic (exact) mass is 610 g/mol. The fourth-order valence-corrected chi connectivity index (χ4v) is 5.62. The third-order valence-electron chi connectivity index (χ3n) is 7.45. The molecule has 6 rings (SSSR count). The van der Waals surface area contributed by atoms with Crippen molar-refractivity contribution in [3.63, 3.8) is 0 Å². The molecule has 2 aromatic carbocycles. The number of amides is 2. The molecule has 0 bridgehead atoms. The Kier molecular flexibility index (Phi) is 6.57. The first-order valence-corrected chi connectivity index (χ1v) is 13.3. The van der Waals surface area contributed by atoms with Crippen LogP contribution < -0.4 is 10.2 Å². The third-order valence-corrected chi connectivity index (χ3v) is 7.98. The van der Waals surface area contributed by atoms with Crippen LogP contribution in [-0.4, -0.2) is 56.8 Å². The first-order chi connectivity index (χ1) is 19.3. The average molecular weight is 611 g/mol. The van der Waals surface area contributed by atoms with Crippen LogP contribution in [0.1, 0.15) is 23.3 Å². The Morgan fingerprint density at radius 1 is 0.975 bits per heavy atom. The number of carbonyl (C=O) groups excluding carboxylic acids is 2. The topological polar surface area (TPSA) is 83.4 Å². The molecule has 2 fully saturated rings. The maximum atomic E-state index is 14.1. The SMILES string of the molecule is O=C(c1cc(-c2cccnc2)n(-c2cc(F)c(F)c(F)c2)n1)N1CCC2(CC1)C(=O)NCN2c1ccc(Br)cc1. The largest absolute Gasteiger partial charge is 0.339 e. The van der Waals surface area contributed by atoms with Gasteiger partial charge < -0.3 is 15.1 Å². The maximum absolute atomic E-state index is 14.1. The highest BCUT2D eigenvalue weighted by Crippen LogP contribution is 2.37. The van der Waals surface area contributed by atoms with Crippen molar-refractivity contribution >= 4 is 33.4 Å². The molecule has 2 saturated heterocycles. The summed E-state index contributed by atoms with van der Waals surface area (Å²) < 4.78 is 43.9. The molecule has 204 valence electrons. The van der Waals surface area contributed by atoms with Gasteiger partial charge in [0.15, 0.2) is 23.1 Å². The summed E-state index contributed by atoms with van der Waals surface area (Å²) in [5.74, 6) is -4.81.